The number of aryl methyl sites for hydroxylation is 1. The number of aromatic amines is 1. The number of aromatic nitrogens is 4. The maximum absolute atomic E-state index is 12.0. The van der Waals surface area contributed by atoms with Crippen LogP contribution in [0, 0.1) is 0 Å². The van der Waals surface area contributed by atoms with E-state index in [4.69, 9.17) is 5.11 Å². The van der Waals surface area contributed by atoms with Crippen molar-refractivity contribution in [2.75, 3.05) is 6.61 Å². The predicted octanol–water partition coefficient (Wildman–Crippen LogP) is 0.680. The summed E-state index contributed by atoms with van der Waals surface area (Å²) < 4.78 is 3.20. The van der Waals surface area contributed by atoms with E-state index in [1.807, 2.05) is 16.7 Å². The van der Waals surface area contributed by atoms with Gasteiger partial charge in [-0.1, -0.05) is 0 Å². The number of H-pyrrole nitrogens is 1. The number of nitrogens with one attached hydrogen (secondary N) is 1. The molecule has 0 saturated carbocycles. The molecule has 8 heteroatoms. The zero-order chi connectivity index (χ0) is 14.8. The van der Waals surface area contributed by atoms with Gasteiger partial charge in [0.1, 0.15) is 0 Å². The number of aliphatic hydroxyl groups is 1. The van der Waals surface area contributed by atoms with Crippen LogP contribution in [0.15, 0.2) is 46.5 Å². The Morgan fingerprint density at radius 3 is 2.77 bits per heavy atom. The fourth-order valence-corrected chi connectivity index (χ4v) is 2.28. The number of nitrogens with zero attached hydrogens (tertiary/aromatic N) is 3. The van der Waals surface area contributed by atoms with E-state index in [9.17, 15) is 9.59 Å². The van der Waals surface area contributed by atoms with Gasteiger partial charge in [0.15, 0.2) is 0 Å². The minimum atomic E-state index is -0.657. The van der Waals surface area contributed by atoms with E-state index in [-0.39, 0.29) is 19.0 Å². The molecule has 0 saturated heterocycles. The topological polar surface area (TPSA) is 92.9 Å². The van der Waals surface area contributed by atoms with Gasteiger partial charge < -0.3 is 19.2 Å². The van der Waals surface area contributed by atoms with Crippen molar-refractivity contribution in [1.29, 1.82) is 0 Å². The minimum absolute atomic E-state index is 0. The third-order valence-corrected chi connectivity index (χ3v) is 3.30. The van der Waals surface area contributed by atoms with Crippen LogP contribution < -0.4 is 11.1 Å². The standard InChI is InChI=1S/C14H14N4O3.ClH/c19-7-1-5-18-12-8-10(17-6-4-15-9-17)2-3-11(12)16-13(20)14(18)21;/h2-4,6,8-9,19H,1,5,7H2,(H,16,20);1H. The normalized spacial score (nSPS) is 10.6. The molecular formula is C14H15ClN4O3. The van der Waals surface area contributed by atoms with E-state index >= 15 is 0 Å². The van der Waals surface area contributed by atoms with Crippen molar-refractivity contribution in [3.8, 4) is 5.69 Å². The van der Waals surface area contributed by atoms with Gasteiger partial charge in [-0.05, 0) is 24.6 Å². The summed E-state index contributed by atoms with van der Waals surface area (Å²) in [5, 5.41) is 8.95. The molecule has 0 aliphatic rings. The Kier molecular flexibility index (Phi) is 4.79. The molecule has 0 bridgehead atoms. The summed E-state index contributed by atoms with van der Waals surface area (Å²) in [6, 6.07) is 5.40. The van der Waals surface area contributed by atoms with Gasteiger partial charge in [0.05, 0.1) is 17.4 Å². The molecule has 7 nitrogen and oxygen atoms in total. The Morgan fingerprint density at radius 1 is 1.27 bits per heavy atom. The molecule has 1 aromatic carbocycles. The lowest BCUT2D eigenvalue weighted by Crippen LogP contribution is -2.36. The SMILES string of the molecule is Cl.O=c1[nH]c2ccc(-n3ccnc3)cc2n(CCCO)c1=O. The first-order chi connectivity index (χ1) is 10.2. The van der Waals surface area contributed by atoms with E-state index in [1.165, 1.54) is 4.57 Å². The van der Waals surface area contributed by atoms with Crippen LogP contribution in [0.25, 0.3) is 16.7 Å². The molecule has 2 heterocycles. The number of aliphatic hydroxyl groups excluding tert-OH is 1. The van der Waals surface area contributed by atoms with Crippen molar-refractivity contribution in [2.45, 2.75) is 13.0 Å². The van der Waals surface area contributed by atoms with Gasteiger partial charge in [-0.2, -0.15) is 0 Å². The van der Waals surface area contributed by atoms with Crippen molar-refractivity contribution < 1.29 is 5.11 Å². The Labute approximate surface area is 131 Å². The third kappa shape index (κ3) is 2.81. The molecule has 0 aliphatic carbocycles. The summed E-state index contributed by atoms with van der Waals surface area (Å²) in [6.45, 7) is 0.255. The number of fused-ring (bicyclic) bond motifs is 1. The molecule has 3 rings (SSSR count). The Bertz CT molecular complexity index is 883. The van der Waals surface area contributed by atoms with Crippen molar-refractivity contribution in [1.82, 2.24) is 19.1 Å². The van der Waals surface area contributed by atoms with Gasteiger partial charge in [0, 0.05) is 31.2 Å². The number of imidazole rings is 1. The van der Waals surface area contributed by atoms with Crippen LogP contribution >= 0.6 is 12.4 Å². The summed E-state index contributed by atoms with van der Waals surface area (Å²) in [7, 11) is 0. The zero-order valence-corrected chi connectivity index (χ0v) is 12.4. The summed E-state index contributed by atoms with van der Waals surface area (Å²) >= 11 is 0. The number of halogens is 1. The first-order valence-corrected chi connectivity index (χ1v) is 6.57. The van der Waals surface area contributed by atoms with Crippen LogP contribution in [0.4, 0.5) is 0 Å². The molecule has 3 aromatic rings. The second-order valence-corrected chi connectivity index (χ2v) is 4.66. The molecule has 2 N–H and O–H groups in total. The first kappa shape index (κ1) is 16.0. The van der Waals surface area contributed by atoms with Gasteiger partial charge in [-0.25, -0.2) is 4.98 Å². The average molecular weight is 323 g/mol. The third-order valence-electron chi connectivity index (χ3n) is 3.30. The molecule has 0 spiro atoms. The Morgan fingerprint density at radius 2 is 2.09 bits per heavy atom. The van der Waals surface area contributed by atoms with Gasteiger partial charge >= 0.3 is 11.1 Å². The fourth-order valence-electron chi connectivity index (χ4n) is 2.28. The molecular weight excluding hydrogens is 308 g/mol. The average Bonchev–Trinajstić information content (AvgIpc) is 3.02. The van der Waals surface area contributed by atoms with Crippen LogP contribution in [0.5, 0.6) is 0 Å². The van der Waals surface area contributed by atoms with Gasteiger partial charge in [-0.3, -0.25) is 9.59 Å². The Hall–Kier alpha value is -2.38. The maximum atomic E-state index is 12.0. The monoisotopic (exact) mass is 322 g/mol. The molecule has 2 aromatic heterocycles. The molecule has 0 aliphatic heterocycles. The zero-order valence-electron chi connectivity index (χ0n) is 11.6. The highest BCUT2D eigenvalue weighted by Crippen LogP contribution is 2.15. The van der Waals surface area contributed by atoms with Crippen molar-refractivity contribution in [2.24, 2.45) is 0 Å². The summed E-state index contributed by atoms with van der Waals surface area (Å²) in [5.74, 6) is 0. The summed E-state index contributed by atoms with van der Waals surface area (Å²) in [5.41, 5.74) is 0.777. The lowest BCUT2D eigenvalue weighted by Gasteiger charge is -2.10. The number of rotatable bonds is 4. The molecule has 0 radical (unpaired) electrons. The molecule has 116 valence electrons. The second-order valence-electron chi connectivity index (χ2n) is 4.66. The van der Waals surface area contributed by atoms with Crippen LogP contribution in [0.3, 0.4) is 0 Å². The van der Waals surface area contributed by atoms with E-state index in [2.05, 4.69) is 9.97 Å². The second kappa shape index (κ2) is 6.59. The van der Waals surface area contributed by atoms with Crippen molar-refractivity contribution >= 4 is 23.4 Å². The lowest BCUT2D eigenvalue weighted by atomic mass is 10.2. The molecule has 22 heavy (non-hydrogen) atoms. The first-order valence-electron chi connectivity index (χ1n) is 6.57. The highest BCUT2D eigenvalue weighted by atomic mass is 35.5. The quantitative estimate of drug-likeness (QED) is 0.691. The minimum Gasteiger partial charge on any atom is -0.396 e. The van der Waals surface area contributed by atoms with Gasteiger partial charge in [0.25, 0.3) is 0 Å². The number of benzene rings is 1. The van der Waals surface area contributed by atoms with Crippen LogP contribution in [0.1, 0.15) is 6.42 Å². The summed E-state index contributed by atoms with van der Waals surface area (Å²) in [6.07, 6.45) is 5.52. The van der Waals surface area contributed by atoms with Crippen LogP contribution in [-0.4, -0.2) is 30.8 Å². The van der Waals surface area contributed by atoms with Gasteiger partial charge in [-0.15, -0.1) is 12.4 Å². The van der Waals surface area contributed by atoms with Crippen LogP contribution in [-0.2, 0) is 6.54 Å². The molecule has 0 amide bonds. The molecule has 0 fully saturated rings. The van der Waals surface area contributed by atoms with E-state index in [0.29, 0.717) is 24.0 Å². The highest BCUT2D eigenvalue weighted by molar-refractivity contribution is 5.85. The maximum Gasteiger partial charge on any atom is 0.316 e. The fraction of sp³-hybridized carbons (Fsp3) is 0.214. The largest absolute Gasteiger partial charge is 0.396 e. The lowest BCUT2D eigenvalue weighted by molar-refractivity contribution is 0.280. The number of hydrogen-bond acceptors (Lipinski definition) is 4. The van der Waals surface area contributed by atoms with E-state index < -0.39 is 11.1 Å². The van der Waals surface area contributed by atoms with Crippen LogP contribution in [0.2, 0.25) is 0 Å². The highest BCUT2D eigenvalue weighted by Gasteiger charge is 2.08. The van der Waals surface area contributed by atoms with E-state index in [0.717, 1.165) is 5.69 Å². The van der Waals surface area contributed by atoms with E-state index in [1.54, 1.807) is 24.8 Å². The predicted molar refractivity (Wildman–Crippen MR) is 84.9 cm³/mol. The summed E-state index contributed by atoms with van der Waals surface area (Å²) in [4.78, 5) is 30.2. The molecule has 0 unspecified atom stereocenters. The number of hydrogen-bond donors (Lipinski definition) is 2. The smallest absolute Gasteiger partial charge is 0.316 e. The Balaban J connectivity index is 0.00000176. The van der Waals surface area contributed by atoms with Crippen molar-refractivity contribution in [3.05, 3.63) is 57.6 Å². The van der Waals surface area contributed by atoms with Gasteiger partial charge in [0.2, 0.25) is 0 Å². The molecule has 0 atom stereocenters. The van der Waals surface area contributed by atoms with Crippen molar-refractivity contribution in [3.63, 3.8) is 0 Å².